The van der Waals surface area contributed by atoms with Gasteiger partial charge in [-0.1, -0.05) is 72.8 Å². The number of nitrogens with zero attached hydrogens (tertiary/aromatic N) is 1. The van der Waals surface area contributed by atoms with Crippen LogP contribution >= 0.6 is 0 Å². The number of hydrogen-bond donors (Lipinski definition) is 0. The number of carbonyl (C=O) groups is 6. The minimum atomic E-state index is -1.37. The number of methoxy groups -OCH3 is 2. The molecule has 2 atom stereocenters. The summed E-state index contributed by atoms with van der Waals surface area (Å²) in [6.07, 6.45) is -2.70. The van der Waals surface area contributed by atoms with E-state index in [1.165, 1.54) is 50.6 Å². The van der Waals surface area contributed by atoms with Crippen LogP contribution in [-0.2, 0) is 9.47 Å². The normalized spacial score (nSPS) is 12.9. The van der Waals surface area contributed by atoms with Crippen LogP contribution in [0.1, 0.15) is 85.5 Å². The SMILES string of the molecule is COc1ccc(C(=O)[C@@H](OC(=O)c2ccc3c(c2)C(=O)N(c2ccccc2C(=O)O[C@H](C(=O)c2ccc(OC)cc2)c2ccccc2)C3=O)c2ccccc2)cc1. The molecule has 0 saturated carbocycles. The maximum atomic E-state index is 14.0. The van der Waals surface area contributed by atoms with Crippen molar-refractivity contribution in [3.8, 4) is 11.5 Å². The topological polar surface area (TPSA) is 143 Å². The Bertz CT molecular complexity index is 2500. The average molecular weight is 760 g/mol. The van der Waals surface area contributed by atoms with E-state index < -0.39 is 47.5 Å². The zero-order valence-corrected chi connectivity index (χ0v) is 30.6. The Hall–Kier alpha value is -7.66. The first-order valence-corrected chi connectivity index (χ1v) is 17.7. The summed E-state index contributed by atoms with van der Waals surface area (Å²) in [6, 6.07) is 39.4. The number of esters is 2. The highest BCUT2D eigenvalue weighted by atomic mass is 16.6. The number of amides is 2. The molecule has 0 unspecified atom stereocenters. The first kappa shape index (κ1) is 37.6. The van der Waals surface area contributed by atoms with E-state index in [9.17, 15) is 28.8 Å². The summed E-state index contributed by atoms with van der Waals surface area (Å²) in [4.78, 5) is 83.7. The molecule has 1 aliphatic rings. The molecule has 0 fully saturated rings. The van der Waals surface area contributed by atoms with Crippen molar-refractivity contribution < 1.29 is 47.7 Å². The quantitative estimate of drug-likeness (QED) is 0.0645. The van der Waals surface area contributed by atoms with Gasteiger partial charge in [0.2, 0.25) is 11.6 Å². The third-order valence-electron chi connectivity index (χ3n) is 9.37. The van der Waals surface area contributed by atoms with Crippen molar-refractivity contribution in [1.29, 1.82) is 0 Å². The first-order chi connectivity index (χ1) is 27.7. The zero-order chi connectivity index (χ0) is 40.1. The van der Waals surface area contributed by atoms with Gasteiger partial charge in [0, 0.05) is 22.3 Å². The smallest absolute Gasteiger partial charge is 0.341 e. The van der Waals surface area contributed by atoms with Crippen molar-refractivity contribution >= 4 is 41.0 Å². The predicted octanol–water partition coefficient (Wildman–Crippen LogP) is 8.07. The molecule has 0 N–H and O–H groups in total. The van der Waals surface area contributed by atoms with Crippen LogP contribution in [0, 0.1) is 0 Å². The molecule has 6 aromatic carbocycles. The molecule has 0 aliphatic carbocycles. The van der Waals surface area contributed by atoms with E-state index in [4.69, 9.17) is 18.9 Å². The number of para-hydroxylation sites is 1. The van der Waals surface area contributed by atoms with Gasteiger partial charge in [-0.25, -0.2) is 14.5 Å². The van der Waals surface area contributed by atoms with E-state index >= 15 is 0 Å². The fourth-order valence-corrected chi connectivity index (χ4v) is 6.39. The number of ether oxygens (including phenoxy) is 4. The van der Waals surface area contributed by atoms with Crippen molar-refractivity contribution in [2.75, 3.05) is 19.1 Å². The van der Waals surface area contributed by atoms with Crippen molar-refractivity contribution in [3.63, 3.8) is 0 Å². The van der Waals surface area contributed by atoms with Gasteiger partial charge in [0.15, 0.2) is 12.2 Å². The minimum absolute atomic E-state index is 0.0227. The molecule has 282 valence electrons. The summed E-state index contributed by atoms with van der Waals surface area (Å²) >= 11 is 0. The second-order valence-electron chi connectivity index (χ2n) is 12.8. The van der Waals surface area contributed by atoms with Gasteiger partial charge >= 0.3 is 11.9 Å². The number of benzene rings is 6. The van der Waals surface area contributed by atoms with Gasteiger partial charge in [0.1, 0.15) is 11.5 Å². The molecule has 0 saturated heterocycles. The molecule has 6 aromatic rings. The van der Waals surface area contributed by atoms with E-state index in [2.05, 4.69) is 0 Å². The summed E-state index contributed by atoms with van der Waals surface area (Å²) in [5.41, 5.74) is 0.904. The van der Waals surface area contributed by atoms with Gasteiger partial charge in [0.25, 0.3) is 11.8 Å². The largest absolute Gasteiger partial charge is 0.497 e. The van der Waals surface area contributed by atoms with Crippen molar-refractivity contribution in [3.05, 3.63) is 196 Å². The Labute approximate surface area is 327 Å². The van der Waals surface area contributed by atoms with Crippen molar-refractivity contribution in [2.45, 2.75) is 12.2 Å². The monoisotopic (exact) mass is 759 g/mol. The van der Waals surface area contributed by atoms with Crippen molar-refractivity contribution in [1.82, 2.24) is 0 Å². The van der Waals surface area contributed by atoms with Gasteiger partial charge in [0.05, 0.1) is 42.2 Å². The van der Waals surface area contributed by atoms with Gasteiger partial charge in [-0.15, -0.1) is 0 Å². The molecule has 11 heteroatoms. The molecule has 1 aliphatic heterocycles. The highest BCUT2D eigenvalue weighted by Gasteiger charge is 2.40. The number of Topliss-reactive ketones (excluding diaryl/α,β-unsaturated/α-hetero) is 2. The molecule has 0 radical (unpaired) electrons. The molecule has 2 amide bonds. The summed E-state index contributed by atoms with van der Waals surface area (Å²) in [6.45, 7) is 0. The molecule has 7 rings (SSSR count). The van der Waals surface area contributed by atoms with Crippen LogP contribution in [0.4, 0.5) is 5.69 Å². The van der Waals surface area contributed by atoms with Crippen LogP contribution in [-0.4, -0.2) is 49.5 Å². The third-order valence-corrected chi connectivity index (χ3v) is 9.37. The van der Waals surface area contributed by atoms with Crippen LogP contribution in [0.15, 0.2) is 152 Å². The second-order valence-corrected chi connectivity index (χ2v) is 12.8. The molecule has 0 aromatic heterocycles. The maximum Gasteiger partial charge on any atom is 0.341 e. The Balaban J connectivity index is 1.15. The fraction of sp³-hybridized carbons (Fsp3) is 0.0870. The van der Waals surface area contributed by atoms with E-state index in [0.717, 1.165) is 4.90 Å². The number of rotatable bonds is 13. The summed E-state index contributed by atoms with van der Waals surface area (Å²) < 4.78 is 22.1. The lowest BCUT2D eigenvalue weighted by Crippen LogP contribution is -2.31. The lowest BCUT2D eigenvalue weighted by atomic mass is 9.99. The van der Waals surface area contributed by atoms with Crippen molar-refractivity contribution in [2.24, 2.45) is 0 Å². The number of ketones is 2. The fourth-order valence-electron chi connectivity index (χ4n) is 6.39. The molecule has 57 heavy (non-hydrogen) atoms. The summed E-state index contributed by atoms with van der Waals surface area (Å²) in [5, 5.41) is 0. The van der Waals surface area contributed by atoms with Crippen LogP contribution in [0.5, 0.6) is 11.5 Å². The zero-order valence-electron chi connectivity index (χ0n) is 30.6. The lowest BCUT2D eigenvalue weighted by Gasteiger charge is -2.21. The third kappa shape index (κ3) is 7.67. The number of fused-ring (bicyclic) bond motifs is 1. The minimum Gasteiger partial charge on any atom is -0.497 e. The summed E-state index contributed by atoms with van der Waals surface area (Å²) in [5.74, 6) is -3.35. The summed E-state index contributed by atoms with van der Waals surface area (Å²) in [7, 11) is 3.00. The standard InChI is InChI=1S/C46H33NO10/c1-54-33-22-17-28(18-23-33)39(48)41(30-11-5-3-6-12-30)56-45(52)32-21-26-35-37(27-32)44(51)47(43(35)50)38-16-10-9-15-36(38)46(53)57-42(31-13-7-4-8-14-31)40(49)29-19-24-34(55-2)25-20-29/h3-27,41-42H,1-2H3/t41-,42-/m0/s1. The average Bonchev–Trinajstić information content (AvgIpc) is 3.52. The van der Waals surface area contributed by atoms with Crippen LogP contribution in [0.2, 0.25) is 0 Å². The van der Waals surface area contributed by atoms with E-state index in [1.54, 1.807) is 115 Å². The predicted molar refractivity (Wildman–Crippen MR) is 208 cm³/mol. The van der Waals surface area contributed by atoms with E-state index in [-0.39, 0.29) is 39.1 Å². The molecular weight excluding hydrogens is 727 g/mol. The number of carbonyl (C=O) groups excluding carboxylic acids is 6. The number of anilines is 1. The Morgan fingerprint density at radius 3 is 1.42 bits per heavy atom. The molecule has 0 bridgehead atoms. The Morgan fingerprint density at radius 1 is 0.474 bits per heavy atom. The highest BCUT2D eigenvalue weighted by molar-refractivity contribution is 6.35. The molecule has 0 spiro atoms. The maximum absolute atomic E-state index is 14.0. The van der Waals surface area contributed by atoms with Crippen LogP contribution in [0.25, 0.3) is 0 Å². The second kappa shape index (κ2) is 16.4. The van der Waals surface area contributed by atoms with Gasteiger partial charge in [-0.3, -0.25) is 19.2 Å². The molecule has 1 heterocycles. The molecule has 11 nitrogen and oxygen atoms in total. The lowest BCUT2D eigenvalue weighted by molar-refractivity contribution is 0.0278. The van der Waals surface area contributed by atoms with E-state index in [0.29, 0.717) is 22.6 Å². The van der Waals surface area contributed by atoms with Crippen LogP contribution < -0.4 is 14.4 Å². The number of imide groups is 1. The Kier molecular flexibility index (Phi) is 10.8. The van der Waals surface area contributed by atoms with E-state index in [1.807, 2.05) is 0 Å². The highest BCUT2D eigenvalue weighted by Crippen LogP contribution is 2.34. The van der Waals surface area contributed by atoms with Crippen LogP contribution in [0.3, 0.4) is 0 Å². The Morgan fingerprint density at radius 2 is 0.912 bits per heavy atom. The number of hydrogen-bond acceptors (Lipinski definition) is 10. The molecular formula is C46H33NO10. The van der Waals surface area contributed by atoms with Gasteiger partial charge in [-0.2, -0.15) is 0 Å². The van der Waals surface area contributed by atoms with Gasteiger partial charge in [-0.05, 0) is 78.9 Å². The van der Waals surface area contributed by atoms with Gasteiger partial charge < -0.3 is 18.9 Å². The first-order valence-electron chi connectivity index (χ1n) is 17.7.